The van der Waals surface area contributed by atoms with Gasteiger partial charge in [0.2, 0.25) is 0 Å². The van der Waals surface area contributed by atoms with Gasteiger partial charge >= 0.3 is 12.2 Å². The molecule has 1 heterocycles. The standard InChI is InChI=1S/C26H30N2O4S/c1-25(2,3)31-23(29)27-19-20(28-24(30)32-26(4,5)6)22(18-15-11-8-12-16-18)33-21(19)17-13-9-7-10-14-17/h7-16H,1-6H3,(H,27,29)(H,28,30). The number of rotatable bonds is 4. The van der Waals surface area contributed by atoms with Crippen LogP contribution >= 0.6 is 11.3 Å². The third-order valence-electron chi connectivity index (χ3n) is 4.23. The maximum absolute atomic E-state index is 12.8. The highest BCUT2D eigenvalue weighted by Gasteiger charge is 2.27. The molecule has 0 unspecified atom stereocenters. The van der Waals surface area contributed by atoms with E-state index < -0.39 is 23.4 Å². The highest BCUT2D eigenvalue weighted by Crippen LogP contribution is 2.49. The van der Waals surface area contributed by atoms with Gasteiger partial charge in [0.1, 0.15) is 11.2 Å². The Hall–Kier alpha value is -3.32. The van der Waals surface area contributed by atoms with Crippen molar-refractivity contribution in [3.8, 4) is 20.9 Å². The van der Waals surface area contributed by atoms with Crippen molar-refractivity contribution in [2.75, 3.05) is 10.6 Å². The van der Waals surface area contributed by atoms with Gasteiger partial charge in [-0.1, -0.05) is 60.7 Å². The topological polar surface area (TPSA) is 76.7 Å². The molecular weight excluding hydrogens is 436 g/mol. The number of hydrogen-bond donors (Lipinski definition) is 2. The summed E-state index contributed by atoms with van der Waals surface area (Å²) in [5, 5.41) is 5.74. The summed E-state index contributed by atoms with van der Waals surface area (Å²) >= 11 is 1.47. The average molecular weight is 467 g/mol. The summed E-state index contributed by atoms with van der Waals surface area (Å²) in [6.07, 6.45) is -1.21. The van der Waals surface area contributed by atoms with Gasteiger partial charge in [-0.25, -0.2) is 9.59 Å². The molecule has 2 aromatic carbocycles. The molecule has 7 heteroatoms. The summed E-state index contributed by atoms with van der Waals surface area (Å²) in [7, 11) is 0. The Balaban J connectivity index is 2.16. The Morgan fingerprint density at radius 3 is 1.27 bits per heavy atom. The minimum Gasteiger partial charge on any atom is -0.444 e. The molecule has 0 aliphatic rings. The predicted octanol–water partition coefficient (Wildman–Crippen LogP) is 7.78. The van der Waals surface area contributed by atoms with Gasteiger partial charge in [-0.2, -0.15) is 0 Å². The molecule has 2 N–H and O–H groups in total. The summed E-state index contributed by atoms with van der Waals surface area (Å²) in [6, 6.07) is 19.4. The smallest absolute Gasteiger partial charge is 0.412 e. The molecule has 0 spiro atoms. The molecule has 0 atom stereocenters. The van der Waals surface area contributed by atoms with Crippen LogP contribution in [0.15, 0.2) is 60.7 Å². The molecule has 6 nitrogen and oxygen atoms in total. The van der Waals surface area contributed by atoms with Crippen LogP contribution in [0.2, 0.25) is 0 Å². The number of nitrogens with one attached hydrogen (secondary N) is 2. The summed E-state index contributed by atoms with van der Waals surface area (Å²) in [5.41, 5.74) is 1.39. The molecule has 1 aromatic heterocycles. The number of benzene rings is 2. The van der Waals surface area contributed by atoms with Gasteiger partial charge < -0.3 is 9.47 Å². The Bertz CT molecular complexity index is 1020. The quantitative estimate of drug-likeness (QED) is 0.412. The second kappa shape index (κ2) is 9.67. The Morgan fingerprint density at radius 1 is 0.636 bits per heavy atom. The third kappa shape index (κ3) is 6.83. The van der Waals surface area contributed by atoms with E-state index in [-0.39, 0.29) is 0 Å². The minimum atomic E-state index is -0.673. The van der Waals surface area contributed by atoms with Gasteiger partial charge in [0.25, 0.3) is 0 Å². The summed E-state index contributed by atoms with van der Waals surface area (Å²) in [4.78, 5) is 27.1. The Labute approximate surface area is 198 Å². The van der Waals surface area contributed by atoms with Crippen molar-refractivity contribution in [2.45, 2.75) is 52.7 Å². The van der Waals surface area contributed by atoms with Crippen LogP contribution in [0.4, 0.5) is 21.0 Å². The number of amides is 2. The van der Waals surface area contributed by atoms with Crippen LogP contribution in [-0.4, -0.2) is 23.4 Å². The number of carbonyl (C=O) groups excluding carboxylic acids is 2. The van der Waals surface area contributed by atoms with Gasteiger partial charge in [0.15, 0.2) is 0 Å². The van der Waals surface area contributed by atoms with Crippen molar-refractivity contribution >= 4 is 34.9 Å². The van der Waals surface area contributed by atoms with Crippen LogP contribution in [0.25, 0.3) is 20.9 Å². The van der Waals surface area contributed by atoms with E-state index in [1.54, 1.807) is 41.5 Å². The lowest BCUT2D eigenvalue weighted by molar-refractivity contribution is 0.0621. The molecule has 2 amide bonds. The van der Waals surface area contributed by atoms with Crippen molar-refractivity contribution in [3.05, 3.63) is 60.7 Å². The molecule has 0 radical (unpaired) electrons. The first kappa shape index (κ1) is 24.3. The first-order chi connectivity index (χ1) is 15.4. The SMILES string of the molecule is CC(C)(C)OC(=O)Nc1c(-c2ccccc2)sc(-c2ccccc2)c1NC(=O)OC(C)(C)C. The fourth-order valence-electron chi connectivity index (χ4n) is 3.07. The van der Waals surface area contributed by atoms with Crippen LogP contribution in [-0.2, 0) is 9.47 Å². The van der Waals surface area contributed by atoms with E-state index in [9.17, 15) is 9.59 Å². The van der Waals surface area contributed by atoms with Crippen LogP contribution in [0.5, 0.6) is 0 Å². The van der Waals surface area contributed by atoms with E-state index in [1.807, 2.05) is 60.7 Å². The summed E-state index contributed by atoms with van der Waals surface area (Å²) < 4.78 is 11.0. The van der Waals surface area contributed by atoms with Crippen molar-refractivity contribution in [3.63, 3.8) is 0 Å². The van der Waals surface area contributed by atoms with Gasteiger partial charge in [-0.3, -0.25) is 10.6 Å². The molecule has 0 aliphatic carbocycles. The highest BCUT2D eigenvalue weighted by molar-refractivity contribution is 7.20. The lowest BCUT2D eigenvalue weighted by Crippen LogP contribution is -2.29. The van der Waals surface area contributed by atoms with E-state index >= 15 is 0 Å². The molecule has 174 valence electrons. The van der Waals surface area contributed by atoms with Gasteiger partial charge in [-0.05, 0) is 52.7 Å². The van der Waals surface area contributed by atoms with Crippen LogP contribution in [0, 0.1) is 0 Å². The van der Waals surface area contributed by atoms with Gasteiger partial charge in [0.05, 0.1) is 21.1 Å². The van der Waals surface area contributed by atoms with Crippen LogP contribution in [0.3, 0.4) is 0 Å². The van der Waals surface area contributed by atoms with Crippen LogP contribution in [0.1, 0.15) is 41.5 Å². The molecule has 0 saturated carbocycles. The van der Waals surface area contributed by atoms with E-state index in [2.05, 4.69) is 10.6 Å². The zero-order chi connectivity index (χ0) is 24.2. The molecule has 0 aliphatic heterocycles. The molecule has 3 rings (SSSR count). The largest absolute Gasteiger partial charge is 0.444 e. The highest BCUT2D eigenvalue weighted by atomic mass is 32.1. The number of carbonyl (C=O) groups is 2. The normalized spacial score (nSPS) is 11.6. The molecule has 0 saturated heterocycles. The summed E-state index contributed by atoms with van der Waals surface area (Å²) in [6.45, 7) is 10.8. The third-order valence-corrected chi connectivity index (χ3v) is 5.52. The molecule has 0 bridgehead atoms. The number of ether oxygens (including phenoxy) is 2. The van der Waals surface area contributed by atoms with Crippen molar-refractivity contribution in [2.24, 2.45) is 0 Å². The van der Waals surface area contributed by atoms with E-state index in [4.69, 9.17) is 9.47 Å². The number of anilines is 2. The zero-order valence-electron chi connectivity index (χ0n) is 19.8. The minimum absolute atomic E-state index is 0.463. The second-order valence-corrected chi connectivity index (χ2v) is 10.5. The number of hydrogen-bond acceptors (Lipinski definition) is 5. The lowest BCUT2D eigenvalue weighted by atomic mass is 10.1. The predicted molar refractivity (Wildman–Crippen MR) is 135 cm³/mol. The van der Waals surface area contributed by atoms with E-state index in [1.165, 1.54) is 11.3 Å². The second-order valence-electron chi connectivity index (χ2n) is 9.50. The molecular formula is C26H30N2O4S. The fourth-order valence-corrected chi connectivity index (χ4v) is 4.29. The Morgan fingerprint density at radius 2 is 0.970 bits per heavy atom. The molecule has 33 heavy (non-hydrogen) atoms. The number of thiophene rings is 1. The lowest BCUT2D eigenvalue weighted by Gasteiger charge is -2.22. The summed E-state index contributed by atoms with van der Waals surface area (Å²) in [5.74, 6) is 0. The maximum Gasteiger partial charge on any atom is 0.412 e. The van der Waals surface area contributed by atoms with E-state index in [0.29, 0.717) is 11.4 Å². The van der Waals surface area contributed by atoms with Crippen molar-refractivity contribution in [1.29, 1.82) is 0 Å². The monoisotopic (exact) mass is 466 g/mol. The maximum atomic E-state index is 12.8. The fraction of sp³-hybridized carbons (Fsp3) is 0.308. The first-order valence-corrected chi connectivity index (χ1v) is 11.5. The Kier molecular flexibility index (Phi) is 7.12. The average Bonchev–Trinajstić information content (AvgIpc) is 3.04. The van der Waals surface area contributed by atoms with Gasteiger partial charge in [-0.15, -0.1) is 11.3 Å². The van der Waals surface area contributed by atoms with E-state index in [0.717, 1.165) is 20.9 Å². The zero-order valence-corrected chi connectivity index (χ0v) is 20.6. The van der Waals surface area contributed by atoms with Gasteiger partial charge in [0, 0.05) is 0 Å². The molecule has 0 fully saturated rings. The van der Waals surface area contributed by atoms with Crippen molar-refractivity contribution in [1.82, 2.24) is 0 Å². The van der Waals surface area contributed by atoms with Crippen LogP contribution < -0.4 is 10.6 Å². The molecule has 3 aromatic rings. The first-order valence-electron chi connectivity index (χ1n) is 10.7. The van der Waals surface area contributed by atoms with Crippen molar-refractivity contribution < 1.29 is 19.1 Å².